The van der Waals surface area contributed by atoms with Crippen molar-refractivity contribution < 1.29 is 24.2 Å². The van der Waals surface area contributed by atoms with Gasteiger partial charge in [-0.25, -0.2) is 4.98 Å². The topological polar surface area (TPSA) is 89.0 Å². The van der Waals surface area contributed by atoms with Crippen molar-refractivity contribution in [1.82, 2.24) is 9.88 Å². The molecule has 0 aromatic carbocycles. The molecule has 1 aromatic rings. The number of methoxy groups -OCH3 is 1. The first-order valence-electron chi connectivity index (χ1n) is 8.15. The first-order chi connectivity index (χ1) is 11.8. The smallest absolute Gasteiger partial charge is 0.305 e. The second-order valence-electron chi connectivity index (χ2n) is 6.52. The fraction of sp³-hybridized carbons (Fsp3) is 0.588. The van der Waals surface area contributed by atoms with Crippen LogP contribution in [0.5, 0.6) is 5.88 Å². The Labute approximate surface area is 151 Å². The fourth-order valence-corrected chi connectivity index (χ4v) is 2.97. The lowest BCUT2D eigenvalue weighted by Crippen LogP contribution is -2.37. The molecule has 1 aliphatic rings. The lowest BCUT2D eigenvalue weighted by Gasteiger charge is -2.23. The molecule has 0 aliphatic carbocycles. The van der Waals surface area contributed by atoms with E-state index in [0.717, 1.165) is 0 Å². The lowest BCUT2D eigenvalue weighted by atomic mass is 10.1. The van der Waals surface area contributed by atoms with Crippen LogP contribution in [0.1, 0.15) is 37.0 Å². The van der Waals surface area contributed by atoms with Crippen LogP contribution in [0.2, 0.25) is 5.02 Å². The molecule has 8 heteroatoms. The number of hydrogen-bond acceptors (Lipinski definition) is 5. The SMILES string of the molecule is COC1CC(CC(=O)O)N(C(=O)c2cnc(OCC(C)C)c(Cl)c2)C1. The zero-order valence-corrected chi connectivity index (χ0v) is 15.3. The van der Waals surface area contributed by atoms with E-state index in [1.807, 2.05) is 13.8 Å². The highest BCUT2D eigenvalue weighted by Gasteiger charge is 2.37. The van der Waals surface area contributed by atoms with E-state index < -0.39 is 12.0 Å². The van der Waals surface area contributed by atoms with E-state index in [4.69, 9.17) is 26.2 Å². The normalized spacial score (nSPS) is 20.1. The highest BCUT2D eigenvalue weighted by molar-refractivity contribution is 6.32. The van der Waals surface area contributed by atoms with Crippen LogP contribution in [0.4, 0.5) is 0 Å². The monoisotopic (exact) mass is 370 g/mol. The third-order valence-corrected chi connectivity index (χ3v) is 4.26. The number of aliphatic carboxylic acids is 1. The zero-order chi connectivity index (χ0) is 18.6. The van der Waals surface area contributed by atoms with Crippen LogP contribution in [0.3, 0.4) is 0 Å². The van der Waals surface area contributed by atoms with Gasteiger partial charge in [0.25, 0.3) is 5.91 Å². The van der Waals surface area contributed by atoms with E-state index in [-0.39, 0.29) is 29.3 Å². The number of halogens is 1. The lowest BCUT2D eigenvalue weighted by molar-refractivity contribution is -0.137. The Morgan fingerprint density at radius 2 is 2.20 bits per heavy atom. The molecular weight excluding hydrogens is 348 g/mol. The molecule has 2 atom stereocenters. The molecule has 25 heavy (non-hydrogen) atoms. The average Bonchev–Trinajstić information content (AvgIpc) is 2.95. The van der Waals surface area contributed by atoms with E-state index in [1.165, 1.54) is 17.2 Å². The first-order valence-corrected chi connectivity index (χ1v) is 8.53. The van der Waals surface area contributed by atoms with Gasteiger partial charge in [0, 0.05) is 25.9 Å². The van der Waals surface area contributed by atoms with Crippen molar-refractivity contribution in [2.24, 2.45) is 5.92 Å². The summed E-state index contributed by atoms with van der Waals surface area (Å²) in [4.78, 5) is 29.5. The summed E-state index contributed by atoms with van der Waals surface area (Å²) in [5.41, 5.74) is 0.300. The Morgan fingerprint density at radius 1 is 1.48 bits per heavy atom. The summed E-state index contributed by atoms with van der Waals surface area (Å²) in [6.45, 7) is 4.83. The second kappa shape index (κ2) is 8.49. The second-order valence-corrected chi connectivity index (χ2v) is 6.93. The molecule has 1 N–H and O–H groups in total. The van der Waals surface area contributed by atoms with Crippen LogP contribution < -0.4 is 4.74 Å². The van der Waals surface area contributed by atoms with Gasteiger partial charge < -0.3 is 19.5 Å². The molecule has 2 heterocycles. The van der Waals surface area contributed by atoms with Gasteiger partial charge >= 0.3 is 5.97 Å². The van der Waals surface area contributed by atoms with Crippen LogP contribution in [0.25, 0.3) is 0 Å². The van der Waals surface area contributed by atoms with Crippen molar-refractivity contribution in [2.45, 2.75) is 38.8 Å². The molecular formula is C17H23ClN2O5. The number of carboxylic acids is 1. The van der Waals surface area contributed by atoms with E-state index in [1.54, 1.807) is 7.11 Å². The minimum atomic E-state index is -0.951. The van der Waals surface area contributed by atoms with Crippen LogP contribution in [0.15, 0.2) is 12.3 Å². The molecule has 7 nitrogen and oxygen atoms in total. The number of rotatable bonds is 7. The van der Waals surface area contributed by atoms with Crippen molar-refractivity contribution in [2.75, 3.05) is 20.3 Å². The van der Waals surface area contributed by atoms with Crippen molar-refractivity contribution in [3.63, 3.8) is 0 Å². The maximum Gasteiger partial charge on any atom is 0.305 e. The predicted molar refractivity (Wildman–Crippen MR) is 92.1 cm³/mol. The third-order valence-electron chi connectivity index (χ3n) is 3.99. The Bertz CT molecular complexity index is 637. The van der Waals surface area contributed by atoms with Gasteiger partial charge in [-0.15, -0.1) is 0 Å². The summed E-state index contributed by atoms with van der Waals surface area (Å²) in [6.07, 6.45) is 1.60. The number of carbonyl (C=O) groups excluding carboxylic acids is 1. The van der Waals surface area contributed by atoms with Gasteiger partial charge in [-0.3, -0.25) is 9.59 Å². The molecule has 2 unspecified atom stereocenters. The number of aromatic nitrogens is 1. The van der Waals surface area contributed by atoms with Crippen LogP contribution in [-0.4, -0.2) is 59.3 Å². The van der Waals surface area contributed by atoms with Crippen molar-refractivity contribution in [3.05, 3.63) is 22.8 Å². The van der Waals surface area contributed by atoms with Gasteiger partial charge in [0.2, 0.25) is 5.88 Å². The maximum atomic E-state index is 12.8. The van der Waals surface area contributed by atoms with E-state index in [0.29, 0.717) is 31.1 Å². The number of nitrogens with zero attached hydrogens (tertiary/aromatic N) is 2. The van der Waals surface area contributed by atoms with Crippen molar-refractivity contribution in [3.8, 4) is 5.88 Å². The molecule has 0 spiro atoms. The number of amides is 1. The van der Waals surface area contributed by atoms with Gasteiger partial charge in [0.05, 0.1) is 24.7 Å². The summed E-state index contributed by atoms with van der Waals surface area (Å²) in [6, 6.07) is 1.09. The number of hydrogen-bond donors (Lipinski definition) is 1. The van der Waals surface area contributed by atoms with Crippen LogP contribution >= 0.6 is 11.6 Å². The molecule has 1 aliphatic heterocycles. The Hall–Kier alpha value is -1.86. The van der Waals surface area contributed by atoms with Gasteiger partial charge in [0.15, 0.2) is 0 Å². The Balaban J connectivity index is 2.15. The number of carbonyl (C=O) groups is 2. The molecule has 1 amide bonds. The van der Waals surface area contributed by atoms with Gasteiger partial charge in [0.1, 0.15) is 5.02 Å². The van der Waals surface area contributed by atoms with Crippen molar-refractivity contribution >= 4 is 23.5 Å². The van der Waals surface area contributed by atoms with Gasteiger partial charge in [-0.1, -0.05) is 25.4 Å². The molecule has 0 saturated carbocycles. The number of likely N-dealkylation sites (tertiary alicyclic amines) is 1. The highest BCUT2D eigenvalue weighted by atomic mass is 35.5. The minimum absolute atomic E-state index is 0.123. The molecule has 138 valence electrons. The van der Waals surface area contributed by atoms with Crippen LogP contribution in [0, 0.1) is 5.92 Å². The average molecular weight is 371 g/mol. The minimum Gasteiger partial charge on any atom is -0.481 e. The Kier molecular flexibility index (Phi) is 6.61. The number of pyridine rings is 1. The zero-order valence-electron chi connectivity index (χ0n) is 14.6. The molecule has 1 aromatic heterocycles. The van der Waals surface area contributed by atoms with Crippen LogP contribution in [-0.2, 0) is 9.53 Å². The predicted octanol–water partition coefficient (Wildman–Crippen LogP) is 2.47. The number of carboxylic acid groups (broad SMARTS) is 1. The standard InChI is InChI=1S/C17H23ClN2O5/c1-10(2)9-25-16-14(18)4-11(7-19-16)17(23)20-8-13(24-3)5-12(20)6-15(21)22/h4,7,10,12-13H,5-6,8-9H2,1-3H3,(H,21,22). The largest absolute Gasteiger partial charge is 0.481 e. The summed E-state index contributed by atoms with van der Waals surface area (Å²) >= 11 is 6.16. The summed E-state index contributed by atoms with van der Waals surface area (Å²) < 4.78 is 10.8. The highest BCUT2D eigenvalue weighted by Crippen LogP contribution is 2.27. The summed E-state index contributed by atoms with van der Waals surface area (Å²) in [7, 11) is 1.55. The van der Waals surface area contributed by atoms with Crippen molar-refractivity contribution in [1.29, 1.82) is 0 Å². The fourth-order valence-electron chi connectivity index (χ4n) is 2.75. The summed E-state index contributed by atoms with van der Waals surface area (Å²) in [5.74, 6) is -0.652. The van der Waals surface area contributed by atoms with E-state index in [2.05, 4.69) is 4.98 Å². The molecule has 0 radical (unpaired) electrons. The quantitative estimate of drug-likeness (QED) is 0.793. The molecule has 2 rings (SSSR count). The van der Waals surface area contributed by atoms with Gasteiger partial charge in [-0.2, -0.15) is 0 Å². The van der Waals surface area contributed by atoms with E-state index in [9.17, 15) is 9.59 Å². The number of ether oxygens (including phenoxy) is 2. The summed E-state index contributed by atoms with van der Waals surface area (Å²) in [5, 5.41) is 9.31. The maximum absolute atomic E-state index is 12.8. The molecule has 1 saturated heterocycles. The first kappa shape index (κ1) is 19.5. The Morgan fingerprint density at radius 3 is 2.76 bits per heavy atom. The molecule has 0 bridgehead atoms. The van der Waals surface area contributed by atoms with E-state index >= 15 is 0 Å². The molecule has 1 fully saturated rings. The third kappa shape index (κ3) is 5.06. The van der Waals surface area contributed by atoms with Gasteiger partial charge in [-0.05, 0) is 18.4 Å².